The molecule has 2 rings (SSSR count). The Morgan fingerprint density at radius 1 is 1.00 bits per heavy atom. The fourth-order valence-electron chi connectivity index (χ4n) is 2.64. The second kappa shape index (κ2) is 8.65. The lowest BCUT2D eigenvalue weighted by Gasteiger charge is -2.32. The molecule has 2 amide bonds. The molecule has 1 aromatic carbocycles. The highest BCUT2D eigenvalue weighted by molar-refractivity contribution is 6.39. The number of anilines is 2. The Kier molecular flexibility index (Phi) is 6.57. The number of likely N-dealkylation sites (N-methyl/N-ethyl adjacent to an activating group) is 1. The van der Waals surface area contributed by atoms with Crippen molar-refractivity contribution in [2.24, 2.45) is 0 Å². The molecule has 0 spiro atoms. The van der Waals surface area contributed by atoms with Gasteiger partial charge in [-0.3, -0.25) is 15.0 Å². The summed E-state index contributed by atoms with van der Waals surface area (Å²) in [6, 6.07) is 7.52. The van der Waals surface area contributed by atoms with Crippen LogP contribution in [0.4, 0.5) is 11.4 Å². The second-order valence-corrected chi connectivity index (χ2v) is 5.90. The molecule has 1 aromatic rings. The highest BCUT2D eigenvalue weighted by Gasteiger charge is 2.20. The van der Waals surface area contributed by atoms with Crippen LogP contribution in [0.1, 0.15) is 13.8 Å². The number of carbonyl (C=O) groups is 2. The maximum Gasteiger partial charge on any atom is 0.323 e. The average molecular weight is 333 g/mol. The van der Waals surface area contributed by atoms with Gasteiger partial charge < -0.3 is 15.1 Å². The monoisotopic (exact) mass is 333 g/mol. The Balaban J connectivity index is 1.86. The largest absolute Gasteiger partial charge is 0.372 e. The molecule has 7 nitrogen and oxygen atoms in total. The molecular formula is C17H27N5O2. The number of carbonyl (C=O) groups excluding carboxylic acids is 2. The number of nitrogens with zero attached hydrogens (tertiary/aromatic N) is 3. The van der Waals surface area contributed by atoms with E-state index in [2.05, 4.69) is 34.4 Å². The smallest absolute Gasteiger partial charge is 0.323 e. The molecule has 0 aromatic heterocycles. The second-order valence-electron chi connectivity index (χ2n) is 5.90. The molecule has 7 heteroatoms. The molecule has 24 heavy (non-hydrogen) atoms. The predicted molar refractivity (Wildman–Crippen MR) is 95.8 cm³/mol. The Bertz CT molecular complexity index is 549. The normalized spacial score (nSPS) is 15.8. The van der Waals surface area contributed by atoms with Gasteiger partial charge in [0, 0.05) is 50.6 Å². The first kappa shape index (κ1) is 18.2. The summed E-state index contributed by atoms with van der Waals surface area (Å²) < 4.78 is 0. The number of hydrogen-bond acceptors (Lipinski definition) is 5. The lowest BCUT2D eigenvalue weighted by atomic mass is 10.2. The Hall–Kier alpha value is -2.12. The summed E-state index contributed by atoms with van der Waals surface area (Å²) >= 11 is 0. The summed E-state index contributed by atoms with van der Waals surface area (Å²) in [5.74, 6) is -1.28. The number of benzene rings is 1. The van der Waals surface area contributed by atoms with E-state index in [0.717, 1.165) is 31.9 Å². The summed E-state index contributed by atoms with van der Waals surface area (Å²) in [4.78, 5) is 28.4. The molecule has 1 saturated heterocycles. The third kappa shape index (κ3) is 4.94. The van der Waals surface area contributed by atoms with Gasteiger partial charge in [0.15, 0.2) is 0 Å². The molecular weight excluding hydrogens is 306 g/mol. The minimum absolute atomic E-state index is 0.615. The maximum absolute atomic E-state index is 12.0. The zero-order valence-electron chi connectivity index (χ0n) is 14.7. The van der Waals surface area contributed by atoms with E-state index in [1.54, 1.807) is 5.01 Å². The lowest BCUT2D eigenvalue weighted by Crippen LogP contribution is -2.54. The van der Waals surface area contributed by atoms with Crippen LogP contribution in [0.15, 0.2) is 24.3 Å². The molecule has 2 N–H and O–H groups in total. The van der Waals surface area contributed by atoms with Crippen molar-refractivity contribution in [1.82, 2.24) is 15.3 Å². The van der Waals surface area contributed by atoms with Crippen molar-refractivity contribution in [3.05, 3.63) is 24.3 Å². The van der Waals surface area contributed by atoms with E-state index in [0.29, 0.717) is 18.8 Å². The van der Waals surface area contributed by atoms with Gasteiger partial charge in [-0.05, 0) is 45.2 Å². The van der Waals surface area contributed by atoms with Gasteiger partial charge in [-0.15, -0.1) is 0 Å². The van der Waals surface area contributed by atoms with Crippen LogP contribution in [0.25, 0.3) is 0 Å². The zero-order valence-corrected chi connectivity index (χ0v) is 14.7. The third-order valence-corrected chi connectivity index (χ3v) is 4.22. The van der Waals surface area contributed by atoms with Crippen LogP contribution in [0, 0.1) is 0 Å². The SMILES string of the molecule is CCN(CC)c1ccc(NC(=O)C(=O)NN2CCN(C)CC2)cc1. The van der Waals surface area contributed by atoms with Crippen LogP contribution >= 0.6 is 0 Å². The van der Waals surface area contributed by atoms with Crippen LogP contribution in [0.5, 0.6) is 0 Å². The quantitative estimate of drug-likeness (QED) is 0.779. The minimum atomic E-state index is -0.649. The van der Waals surface area contributed by atoms with E-state index in [1.165, 1.54) is 0 Å². The number of amides is 2. The fourth-order valence-corrected chi connectivity index (χ4v) is 2.64. The van der Waals surface area contributed by atoms with Crippen molar-refractivity contribution in [3.63, 3.8) is 0 Å². The summed E-state index contributed by atoms with van der Waals surface area (Å²) in [6.07, 6.45) is 0. The van der Waals surface area contributed by atoms with Crippen LogP contribution < -0.4 is 15.6 Å². The number of hydrogen-bond donors (Lipinski definition) is 2. The van der Waals surface area contributed by atoms with Gasteiger partial charge >= 0.3 is 11.8 Å². The molecule has 0 aliphatic carbocycles. The first-order valence-electron chi connectivity index (χ1n) is 8.44. The third-order valence-electron chi connectivity index (χ3n) is 4.22. The highest BCUT2D eigenvalue weighted by Crippen LogP contribution is 2.17. The van der Waals surface area contributed by atoms with E-state index >= 15 is 0 Å². The first-order valence-corrected chi connectivity index (χ1v) is 8.44. The Morgan fingerprint density at radius 2 is 1.58 bits per heavy atom. The first-order chi connectivity index (χ1) is 11.5. The molecule has 0 bridgehead atoms. The molecule has 0 radical (unpaired) electrons. The zero-order chi connectivity index (χ0) is 17.5. The lowest BCUT2D eigenvalue weighted by molar-refractivity contribution is -0.139. The fraction of sp³-hybridized carbons (Fsp3) is 0.529. The van der Waals surface area contributed by atoms with E-state index in [9.17, 15) is 9.59 Å². The molecule has 1 aliphatic rings. The highest BCUT2D eigenvalue weighted by atomic mass is 16.2. The maximum atomic E-state index is 12.0. The minimum Gasteiger partial charge on any atom is -0.372 e. The number of piperazine rings is 1. The van der Waals surface area contributed by atoms with Gasteiger partial charge in [0.05, 0.1) is 0 Å². The summed E-state index contributed by atoms with van der Waals surface area (Å²) in [6.45, 7) is 9.22. The Labute approximate surface area is 143 Å². The number of rotatable bonds is 5. The van der Waals surface area contributed by atoms with Crippen molar-refractivity contribution in [2.45, 2.75) is 13.8 Å². The molecule has 0 unspecified atom stereocenters. The van der Waals surface area contributed by atoms with Crippen molar-refractivity contribution >= 4 is 23.2 Å². The van der Waals surface area contributed by atoms with Crippen LogP contribution in [0.3, 0.4) is 0 Å². The van der Waals surface area contributed by atoms with E-state index in [1.807, 2.05) is 31.3 Å². The molecule has 1 aliphatic heterocycles. The topological polar surface area (TPSA) is 67.9 Å². The molecule has 1 fully saturated rings. The molecule has 132 valence electrons. The van der Waals surface area contributed by atoms with E-state index < -0.39 is 11.8 Å². The van der Waals surface area contributed by atoms with Crippen LogP contribution in [0.2, 0.25) is 0 Å². The standard InChI is InChI=1S/C17H27N5O2/c1-4-21(5-2)15-8-6-14(7-9-15)18-16(23)17(24)19-22-12-10-20(3)11-13-22/h6-9H,4-5,10-13H2,1-3H3,(H,18,23)(H,19,24). The van der Waals surface area contributed by atoms with Gasteiger partial charge in [-0.25, -0.2) is 5.01 Å². The van der Waals surface area contributed by atoms with E-state index in [4.69, 9.17) is 0 Å². The van der Waals surface area contributed by atoms with Gasteiger partial charge in [-0.1, -0.05) is 0 Å². The Morgan fingerprint density at radius 3 is 2.12 bits per heavy atom. The van der Waals surface area contributed by atoms with E-state index in [-0.39, 0.29) is 0 Å². The van der Waals surface area contributed by atoms with Gasteiger partial charge in [0.25, 0.3) is 0 Å². The molecule has 0 saturated carbocycles. The van der Waals surface area contributed by atoms with Crippen molar-refractivity contribution in [1.29, 1.82) is 0 Å². The van der Waals surface area contributed by atoms with Crippen LogP contribution in [-0.4, -0.2) is 68.0 Å². The van der Waals surface area contributed by atoms with Crippen LogP contribution in [-0.2, 0) is 9.59 Å². The number of hydrazine groups is 1. The average Bonchev–Trinajstić information content (AvgIpc) is 2.59. The summed E-state index contributed by atoms with van der Waals surface area (Å²) in [5, 5.41) is 4.42. The van der Waals surface area contributed by atoms with Gasteiger partial charge in [0.1, 0.15) is 0 Å². The predicted octanol–water partition coefficient (Wildman–Crippen LogP) is 0.750. The van der Waals surface area contributed by atoms with Gasteiger partial charge in [-0.2, -0.15) is 0 Å². The molecule has 0 atom stereocenters. The van der Waals surface area contributed by atoms with Crippen molar-refractivity contribution < 1.29 is 9.59 Å². The van der Waals surface area contributed by atoms with Crippen molar-refractivity contribution in [3.8, 4) is 0 Å². The van der Waals surface area contributed by atoms with Gasteiger partial charge in [0.2, 0.25) is 0 Å². The summed E-state index contributed by atoms with van der Waals surface area (Å²) in [5.41, 5.74) is 4.37. The summed E-state index contributed by atoms with van der Waals surface area (Å²) in [7, 11) is 2.04. The number of nitrogens with one attached hydrogen (secondary N) is 2. The molecule has 1 heterocycles. The van der Waals surface area contributed by atoms with Crippen molar-refractivity contribution in [2.75, 3.05) is 56.5 Å².